The van der Waals surface area contributed by atoms with E-state index in [1.807, 2.05) is 13.0 Å². The van der Waals surface area contributed by atoms with E-state index in [1.165, 1.54) is 7.11 Å². The molecule has 94 heavy (non-hydrogen) atoms. The first-order chi connectivity index (χ1) is 45.4. The number of rotatable bonds is 53. The highest BCUT2D eigenvalue weighted by atomic mass is 16.6. The van der Waals surface area contributed by atoms with Gasteiger partial charge in [-0.15, -0.1) is 0 Å². The van der Waals surface area contributed by atoms with Crippen molar-refractivity contribution in [2.75, 3.05) is 78.3 Å². The van der Waals surface area contributed by atoms with E-state index in [0.29, 0.717) is 148 Å². The highest BCUT2D eigenvalue weighted by molar-refractivity contribution is 5.88. The molecule has 0 saturated carbocycles. The molecule has 0 fully saturated rings. The number of pyridine rings is 1. The number of unbranched alkanes of at least 4 members (excludes halogenated alkanes) is 18. The molecule has 2 heterocycles. The maximum Gasteiger partial charge on any atom is 0.407 e. The van der Waals surface area contributed by atoms with E-state index in [4.69, 9.17) is 28.4 Å². The zero-order valence-corrected chi connectivity index (χ0v) is 56.0. The van der Waals surface area contributed by atoms with Crippen molar-refractivity contribution in [2.24, 2.45) is 0 Å². The fraction of sp³-hybridized carbons (Fsp3) is 0.682. The van der Waals surface area contributed by atoms with E-state index in [1.54, 1.807) is 12.3 Å². The monoisotopic (exact) mass is 1330 g/mol. The van der Waals surface area contributed by atoms with Gasteiger partial charge in [0.15, 0.2) is 0 Å². The quantitative estimate of drug-likeness (QED) is 0.0208. The molecule has 28 heteroatoms. The van der Waals surface area contributed by atoms with Gasteiger partial charge in [0, 0.05) is 83.3 Å². The molecule has 28 nitrogen and oxygen atoms in total. The van der Waals surface area contributed by atoms with Gasteiger partial charge in [-0.25, -0.2) is 57.0 Å². The molecule has 530 valence electrons. The van der Waals surface area contributed by atoms with E-state index < -0.39 is 41.2 Å². The summed E-state index contributed by atoms with van der Waals surface area (Å²) in [5.74, 6) is -1.82. The van der Waals surface area contributed by atoms with Crippen LogP contribution in [0.3, 0.4) is 0 Å². The minimum atomic E-state index is -0.640. The summed E-state index contributed by atoms with van der Waals surface area (Å²) < 4.78 is 42.9. The lowest BCUT2D eigenvalue weighted by molar-refractivity contribution is -0.149. The van der Waals surface area contributed by atoms with Crippen LogP contribution in [0, 0.1) is 6.92 Å². The summed E-state index contributed by atoms with van der Waals surface area (Å²) in [6.45, 7) is 13.2. The van der Waals surface area contributed by atoms with Crippen LogP contribution in [0.15, 0.2) is 58.0 Å². The number of nitrogens with zero attached hydrogens (tertiary/aromatic N) is 4. The van der Waals surface area contributed by atoms with Crippen LogP contribution < -0.4 is 38.3 Å². The lowest BCUT2D eigenvalue weighted by Gasteiger charge is -2.14. The number of carbonyl (C=O) groups is 9. The first kappa shape index (κ1) is 83.7. The Labute approximate surface area is 552 Å². The number of methoxy groups -OCH3 is 1. The number of alkyl carbamates (subject to hydrolysis) is 2. The van der Waals surface area contributed by atoms with Crippen molar-refractivity contribution < 1.29 is 81.0 Å². The fourth-order valence-corrected chi connectivity index (χ4v) is 8.85. The predicted octanol–water partition coefficient (Wildman–Crippen LogP) is 8.73. The molecule has 0 aliphatic carbocycles. The Bertz CT molecular complexity index is 2730. The third-order valence-corrected chi connectivity index (χ3v) is 14.1. The molecule has 0 aliphatic rings. The largest absolute Gasteiger partial charge is 0.466 e. The second-order valence-electron chi connectivity index (χ2n) is 22.0. The lowest BCUT2D eigenvalue weighted by atomic mass is 10.1. The van der Waals surface area contributed by atoms with Crippen LogP contribution in [0.4, 0.5) is 20.2 Å². The number of nitrogens with one attached hydrogen (secondary N) is 4. The lowest BCUT2D eigenvalue weighted by Crippen LogP contribution is -2.54. The minimum Gasteiger partial charge on any atom is -0.466 e. The van der Waals surface area contributed by atoms with Crippen molar-refractivity contribution in [3.63, 3.8) is 0 Å². The van der Waals surface area contributed by atoms with Gasteiger partial charge in [0.2, 0.25) is 0 Å². The molecule has 0 saturated heterocycles. The van der Waals surface area contributed by atoms with E-state index in [2.05, 4.69) is 55.8 Å². The first-order valence-corrected chi connectivity index (χ1v) is 33.3. The van der Waals surface area contributed by atoms with E-state index >= 15 is 0 Å². The van der Waals surface area contributed by atoms with Gasteiger partial charge in [0.05, 0.1) is 26.9 Å². The summed E-state index contributed by atoms with van der Waals surface area (Å²) in [5, 5.41) is 10.8. The van der Waals surface area contributed by atoms with Crippen LogP contribution >= 0.6 is 0 Å². The molecule has 0 atom stereocenters. The smallest absolute Gasteiger partial charge is 0.407 e. The van der Waals surface area contributed by atoms with Crippen LogP contribution in [0.25, 0.3) is 0 Å². The molecular formula is C66H106N8O20. The topological polar surface area (TPSA) is 354 Å². The second kappa shape index (κ2) is 56.2. The Kier molecular flexibility index (Phi) is 50.1. The number of urea groups is 1. The number of anilines is 1. The number of carbonyl (C=O) groups excluding carboxylic acids is 9. The van der Waals surface area contributed by atoms with Gasteiger partial charge in [0.1, 0.15) is 32.2 Å². The van der Waals surface area contributed by atoms with Gasteiger partial charge >= 0.3 is 71.1 Å². The second-order valence-corrected chi connectivity index (χ2v) is 22.0. The third-order valence-electron chi connectivity index (χ3n) is 14.1. The summed E-state index contributed by atoms with van der Waals surface area (Å²) >= 11 is 0. The molecule has 4 N–H and O–H groups in total. The number of hydrogen-bond acceptors (Lipinski definition) is 21. The molecule has 2 aromatic heterocycles. The maximum absolute atomic E-state index is 13.6. The van der Waals surface area contributed by atoms with Crippen LogP contribution in [-0.2, 0) is 86.3 Å². The third kappa shape index (κ3) is 45.0. The Hall–Kier alpha value is -8.33. The number of ether oxygens (including phenoxy) is 8. The van der Waals surface area contributed by atoms with Gasteiger partial charge < -0.3 is 53.8 Å². The van der Waals surface area contributed by atoms with Crippen LogP contribution in [0.2, 0.25) is 0 Å². The number of aromatic nitrogens is 4. The van der Waals surface area contributed by atoms with Crippen LogP contribution in [-0.4, -0.2) is 146 Å². The molecule has 0 aromatic carbocycles. The van der Waals surface area contributed by atoms with Gasteiger partial charge in [-0.2, -0.15) is 0 Å². The molecule has 0 aliphatic heterocycles. The Morgan fingerprint density at radius 2 is 0.787 bits per heavy atom. The average molecular weight is 1330 g/mol. The molecule has 0 unspecified atom stereocenters. The van der Waals surface area contributed by atoms with Crippen LogP contribution in [0.1, 0.15) is 199 Å². The molecule has 0 bridgehead atoms. The van der Waals surface area contributed by atoms with Crippen molar-refractivity contribution in [2.45, 2.75) is 220 Å². The van der Waals surface area contributed by atoms with E-state index in [0.717, 1.165) is 89.2 Å². The average Bonchev–Trinajstić information content (AvgIpc) is 0.797. The summed E-state index contributed by atoms with van der Waals surface area (Å²) in [6.07, 6.45) is 22.1. The summed E-state index contributed by atoms with van der Waals surface area (Å²) in [6, 6.07) is 3.25. The normalized spacial score (nSPS) is 10.5. The van der Waals surface area contributed by atoms with Gasteiger partial charge in [-0.1, -0.05) is 77.9 Å². The molecule has 0 spiro atoms. The first-order valence-electron chi connectivity index (χ1n) is 33.3. The Morgan fingerprint density at radius 3 is 1.18 bits per heavy atom. The number of amides is 4. The zero-order valence-electron chi connectivity index (χ0n) is 56.0. The van der Waals surface area contributed by atoms with Gasteiger partial charge in [-0.3, -0.25) is 24.5 Å². The van der Waals surface area contributed by atoms with Crippen molar-refractivity contribution in [3.8, 4) is 0 Å². The zero-order chi connectivity index (χ0) is 69.2. The van der Waals surface area contributed by atoms with E-state index in [9.17, 15) is 57.5 Å². The molecule has 0 radical (unpaired) electrons. The summed E-state index contributed by atoms with van der Waals surface area (Å²) in [5.41, 5.74) is -0.939. The SMILES string of the molecule is C=CC(=O)OCCOC(=O)CCCCCOC(=O)CCCCCC.C=CC(=O)OCCOC(=O)CCCCCOC(=O)CCCCCOC(=O)NCCCCCCn1c(=O)n(CCCCCCNC(=O)Nc2cc(C)ccn2)c(=O)n(CCCCCCNC(=O)OC)c1=O. The molecule has 2 aromatic rings. The van der Waals surface area contributed by atoms with Crippen molar-refractivity contribution >= 4 is 59.9 Å². The number of hydrogen-bond donors (Lipinski definition) is 4. The summed E-state index contributed by atoms with van der Waals surface area (Å²) in [7, 11) is 1.29. The molecular weight excluding hydrogens is 1220 g/mol. The van der Waals surface area contributed by atoms with E-state index in [-0.39, 0.29) is 102 Å². The highest BCUT2D eigenvalue weighted by Gasteiger charge is 2.16. The standard InChI is InChI=1S/C48H76N8O14.C18H30O6/c1-4-40(57)68-35-36-69-42(59)24-13-11-21-33-67-41(58)23-14-12-22-34-70-45(62)52-28-17-7-10-20-32-56-47(64)54(46(63)55(48(56)65)31-19-9-6-16-27-51-44(61)66-3)30-18-8-5-15-26-50-43(60)53-39-37-38(2)25-29-49-39;1-3-5-6-8-11-17(20)22-13-10-7-9-12-18(21)24-15-14-23-16(19)4-2/h4,25,29,37H,1,5-24,26-28,30-36H2,2-3H3,(H,51,61)(H,52,62)(H2,49,50,53,60);4H,2-3,5-15H2,1H3. The predicted molar refractivity (Wildman–Crippen MR) is 351 cm³/mol. The van der Waals surface area contributed by atoms with Gasteiger partial charge in [-0.05, 0) is 127 Å². The maximum atomic E-state index is 13.6. The number of aryl methyl sites for hydroxylation is 1. The minimum absolute atomic E-state index is 0.0171. The van der Waals surface area contributed by atoms with Crippen molar-refractivity contribution in [1.82, 2.24) is 34.6 Å². The fourth-order valence-electron chi connectivity index (χ4n) is 8.85. The summed E-state index contributed by atoms with van der Waals surface area (Å²) in [4.78, 5) is 149. The number of esters is 6. The Morgan fingerprint density at radius 1 is 0.436 bits per heavy atom. The van der Waals surface area contributed by atoms with Crippen LogP contribution in [0.5, 0.6) is 0 Å². The molecule has 2 rings (SSSR count). The highest BCUT2D eigenvalue weighted by Crippen LogP contribution is 2.10. The van der Waals surface area contributed by atoms with Crippen molar-refractivity contribution in [3.05, 3.63) is 80.7 Å². The molecule has 4 amide bonds. The van der Waals surface area contributed by atoms with Crippen molar-refractivity contribution in [1.29, 1.82) is 0 Å². The Balaban J connectivity index is 0.00000154. The van der Waals surface area contributed by atoms with Gasteiger partial charge in [0.25, 0.3) is 0 Å².